The normalized spacial score (nSPS) is 21.0. The van der Waals surface area contributed by atoms with Crippen LogP contribution in [0.25, 0.3) is 5.57 Å². The van der Waals surface area contributed by atoms with Crippen LogP contribution < -0.4 is 5.32 Å². The summed E-state index contributed by atoms with van der Waals surface area (Å²) in [6.07, 6.45) is 3.99. The van der Waals surface area contributed by atoms with E-state index in [4.69, 9.17) is 4.74 Å². The first-order valence-corrected chi connectivity index (χ1v) is 8.68. The fourth-order valence-corrected chi connectivity index (χ4v) is 4.99. The number of anilines is 1. The van der Waals surface area contributed by atoms with Gasteiger partial charge >= 0.3 is 128 Å². The molecule has 0 spiro atoms. The topological polar surface area (TPSA) is 38.3 Å². The molecule has 1 aromatic rings. The van der Waals surface area contributed by atoms with E-state index in [-0.39, 0.29) is 11.7 Å². The van der Waals surface area contributed by atoms with Crippen LogP contribution in [0.2, 0.25) is 0 Å². The van der Waals surface area contributed by atoms with E-state index in [2.05, 4.69) is 18.3 Å². The van der Waals surface area contributed by atoms with E-state index >= 15 is 0 Å². The molecule has 0 aliphatic carbocycles. The van der Waals surface area contributed by atoms with Crippen molar-refractivity contribution in [3.8, 4) is 0 Å². The van der Waals surface area contributed by atoms with Gasteiger partial charge in [-0.2, -0.15) is 0 Å². The average Bonchev–Trinajstić information content (AvgIpc) is 2.93. The van der Waals surface area contributed by atoms with Crippen molar-refractivity contribution in [1.29, 1.82) is 0 Å². The molecule has 1 aromatic carbocycles. The Bertz CT molecular complexity index is 719. The van der Waals surface area contributed by atoms with Crippen molar-refractivity contribution in [1.82, 2.24) is 0 Å². The second kappa shape index (κ2) is 5.60. The third-order valence-corrected chi connectivity index (χ3v) is 6.18. The number of carbonyl (C=O) groups excluding carboxylic acids is 1. The molecular formula is C16H16FNO2Se. The minimum absolute atomic E-state index is 0.166. The molecule has 3 rings (SSSR count). The van der Waals surface area contributed by atoms with Crippen LogP contribution in [0.15, 0.2) is 44.9 Å². The molecule has 5 heteroatoms. The van der Waals surface area contributed by atoms with Crippen LogP contribution in [0, 0.1) is 5.82 Å². The van der Waals surface area contributed by atoms with Gasteiger partial charge in [-0.25, -0.2) is 0 Å². The third-order valence-electron chi connectivity index (χ3n) is 3.51. The summed E-state index contributed by atoms with van der Waals surface area (Å²) in [5.41, 5.74) is 3.06. The van der Waals surface area contributed by atoms with Gasteiger partial charge in [-0.1, -0.05) is 0 Å². The Hall–Kier alpha value is -1.68. The van der Waals surface area contributed by atoms with Crippen LogP contribution in [0.4, 0.5) is 10.1 Å². The van der Waals surface area contributed by atoms with Gasteiger partial charge in [0.2, 0.25) is 0 Å². The van der Waals surface area contributed by atoms with Crippen molar-refractivity contribution in [2.24, 2.45) is 0 Å². The standard InChI is InChI=1S/C16H16FNO2Se/c1-9-10(8-20-2)5-12(21-9)7-14-13-6-11(17)3-4-15(13)18-16(14)19/h3-7H,8,21H2,1-2H3,(H,18,19)/b14-7-. The number of carbonyl (C=O) groups is 1. The summed E-state index contributed by atoms with van der Waals surface area (Å²) in [7, 11) is 1.67. The first-order chi connectivity index (χ1) is 10.1. The number of nitrogens with one attached hydrogen (secondary N) is 1. The van der Waals surface area contributed by atoms with Crippen LogP contribution >= 0.6 is 0 Å². The number of methoxy groups -OCH3 is 1. The van der Waals surface area contributed by atoms with Crippen molar-refractivity contribution in [3.05, 3.63) is 56.2 Å². The van der Waals surface area contributed by atoms with Gasteiger partial charge in [0.25, 0.3) is 0 Å². The maximum absolute atomic E-state index is 13.4. The van der Waals surface area contributed by atoms with E-state index in [0.717, 1.165) is 0 Å². The Morgan fingerprint density at radius 2 is 2.24 bits per heavy atom. The Morgan fingerprint density at radius 1 is 1.43 bits per heavy atom. The van der Waals surface area contributed by atoms with E-state index in [1.165, 1.54) is 26.6 Å². The number of fused-ring (bicyclic) bond motifs is 1. The number of allylic oxidation sites excluding steroid dienone is 3. The van der Waals surface area contributed by atoms with Gasteiger partial charge in [0.15, 0.2) is 0 Å². The molecule has 0 bridgehead atoms. The molecule has 0 fully saturated rings. The van der Waals surface area contributed by atoms with Crippen LogP contribution in [-0.4, -0.2) is 34.6 Å². The summed E-state index contributed by atoms with van der Waals surface area (Å²) < 4.78 is 21.1. The number of halogens is 1. The van der Waals surface area contributed by atoms with Gasteiger partial charge in [0.05, 0.1) is 0 Å². The van der Waals surface area contributed by atoms with Gasteiger partial charge in [0.1, 0.15) is 0 Å². The summed E-state index contributed by atoms with van der Waals surface area (Å²) in [5, 5.41) is 2.77. The van der Waals surface area contributed by atoms with E-state index in [9.17, 15) is 9.18 Å². The Kier molecular flexibility index (Phi) is 3.81. The fraction of sp³-hybridized carbons (Fsp3) is 0.188. The summed E-state index contributed by atoms with van der Waals surface area (Å²) >= 11 is -0.408. The molecule has 1 amide bonds. The predicted molar refractivity (Wildman–Crippen MR) is 84.2 cm³/mol. The van der Waals surface area contributed by atoms with Crippen molar-refractivity contribution >= 4 is 32.1 Å². The molecule has 0 aromatic heterocycles. The van der Waals surface area contributed by atoms with Crippen LogP contribution in [0.3, 0.4) is 0 Å². The first kappa shape index (κ1) is 14.3. The van der Waals surface area contributed by atoms with Gasteiger partial charge in [-0.05, 0) is 0 Å². The molecule has 0 atom stereocenters. The molecule has 0 saturated carbocycles. The Balaban J connectivity index is 1.94. The zero-order valence-electron chi connectivity index (χ0n) is 11.8. The van der Waals surface area contributed by atoms with Gasteiger partial charge in [-0.3, -0.25) is 0 Å². The molecule has 3 nitrogen and oxygen atoms in total. The Morgan fingerprint density at radius 3 is 3.00 bits per heavy atom. The third kappa shape index (κ3) is 2.72. The number of hydrogen-bond acceptors (Lipinski definition) is 2. The average molecular weight is 352 g/mol. The number of benzene rings is 1. The summed E-state index contributed by atoms with van der Waals surface area (Å²) in [6.45, 7) is 2.71. The Labute approximate surface area is 128 Å². The first-order valence-electron chi connectivity index (χ1n) is 6.59. The zero-order valence-corrected chi connectivity index (χ0v) is 13.9. The van der Waals surface area contributed by atoms with Crippen molar-refractivity contribution in [2.75, 3.05) is 19.0 Å². The molecule has 2 aliphatic heterocycles. The summed E-state index contributed by atoms with van der Waals surface area (Å²) in [6, 6.07) is 4.36. The monoisotopic (exact) mass is 353 g/mol. The van der Waals surface area contributed by atoms with Gasteiger partial charge < -0.3 is 0 Å². The minimum atomic E-state index is -0.408. The van der Waals surface area contributed by atoms with Crippen molar-refractivity contribution in [2.45, 2.75) is 6.92 Å². The number of ether oxygens (including phenoxy) is 1. The molecule has 110 valence electrons. The molecule has 0 saturated heterocycles. The zero-order chi connectivity index (χ0) is 15.0. The summed E-state index contributed by atoms with van der Waals surface area (Å²) in [4.78, 5) is 12.1. The predicted octanol–water partition coefficient (Wildman–Crippen LogP) is 2.15. The van der Waals surface area contributed by atoms with Gasteiger partial charge in [-0.15, -0.1) is 0 Å². The quantitative estimate of drug-likeness (QED) is 0.669. The van der Waals surface area contributed by atoms with Crippen LogP contribution in [0.5, 0.6) is 0 Å². The summed E-state index contributed by atoms with van der Waals surface area (Å²) in [5.74, 6) is -0.497. The molecule has 2 heterocycles. The molecule has 21 heavy (non-hydrogen) atoms. The van der Waals surface area contributed by atoms with E-state index in [1.807, 2.05) is 6.08 Å². The van der Waals surface area contributed by atoms with E-state index < -0.39 is 15.0 Å². The fourth-order valence-electron chi connectivity index (χ4n) is 2.47. The SMILES string of the molecule is COCC1=C(C)[SeH2]C(/C=C2\C(=O)Nc3ccc(F)cc32)=C1. The maximum atomic E-state index is 13.4. The van der Waals surface area contributed by atoms with Crippen molar-refractivity contribution in [3.63, 3.8) is 0 Å². The molecule has 1 N–H and O–H groups in total. The number of rotatable bonds is 3. The second-order valence-corrected chi connectivity index (χ2v) is 8.32. The molecule has 0 radical (unpaired) electrons. The number of amides is 1. The van der Waals surface area contributed by atoms with Crippen LogP contribution in [-0.2, 0) is 9.53 Å². The molecule has 2 aliphatic rings. The van der Waals surface area contributed by atoms with Crippen molar-refractivity contribution < 1.29 is 13.9 Å². The van der Waals surface area contributed by atoms with E-state index in [1.54, 1.807) is 13.2 Å². The molecule has 0 unspecified atom stereocenters. The molecular weight excluding hydrogens is 336 g/mol. The van der Waals surface area contributed by atoms with E-state index in [0.29, 0.717) is 23.4 Å². The second-order valence-electron chi connectivity index (χ2n) is 5.01. The van der Waals surface area contributed by atoms with Gasteiger partial charge in [0, 0.05) is 0 Å². The number of hydrogen-bond donors (Lipinski definition) is 1. The van der Waals surface area contributed by atoms with Crippen LogP contribution in [0.1, 0.15) is 12.5 Å².